The van der Waals surface area contributed by atoms with E-state index in [-0.39, 0.29) is 60.6 Å². The first-order valence-electron chi connectivity index (χ1n) is 10.5. The van der Waals surface area contributed by atoms with Crippen LogP contribution in [0.2, 0.25) is 0 Å². The molecular weight excluding hydrogens is 519 g/mol. The Morgan fingerprint density at radius 2 is 1.71 bits per heavy atom. The third-order valence-electron chi connectivity index (χ3n) is 5.32. The fourth-order valence-corrected chi connectivity index (χ4v) is 6.32. The molecule has 13 heteroatoms. The maximum absolute atomic E-state index is 14.6. The van der Waals surface area contributed by atoms with Gasteiger partial charge in [-0.15, -0.1) is 12.4 Å². The van der Waals surface area contributed by atoms with Gasteiger partial charge in [-0.25, -0.2) is 16.8 Å². The van der Waals surface area contributed by atoms with E-state index >= 15 is 0 Å². The van der Waals surface area contributed by atoms with Crippen LogP contribution in [0.4, 0.5) is 10.1 Å². The van der Waals surface area contributed by atoms with Crippen LogP contribution >= 0.6 is 12.4 Å². The van der Waals surface area contributed by atoms with Gasteiger partial charge in [0.25, 0.3) is 10.0 Å². The van der Waals surface area contributed by atoms with Gasteiger partial charge in [-0.1, -0.05) is 18.2 Å². The number of anilines is 1. The van der Waals surface area contributed by atoms with Crippen molar-refractivity contribution in [2.24, 2.45) is 0 Å². The van der Waals surface area contributed by atoms with Gasteiger partial charge in [0, 0.05) is 31.4 Å². The summed E-state index contributed by atoms with van der Waals surface area (Å²) >= 11 is 0. The number of rotatable bonds is 8. The van der Waals surface area contributed by atoms with Crippen LogP contribution in [0.5, 0.6) is 0 Å². The first-order valence-corrected chi connectivity index (χ1v) is 13.4. The minimum atomic E-state index is -4.18. The fourth-order valence-electron chi connectivity index (χ4n) is 3.70. The average Bonchev–Trinajstić information content (AvgIpc) is 3.25. The summed E-state index contributed by atoms with van der Waals surface area (Å²) in [5.74, 6) is -0.555. The lowest BCUT2D eigenvalue weighted by molar-refractivity contribution is 0.0733. The second kappa shape index (κ2) is 11.1. The smallest absolute Gasteiger partial charge is 0.301 e. The zero-order chi connectivity index (χ0) is 24.3. The minimum absolute atomic E-state index is 0. The molecule has 0 saturated carbocycles. The van der Waals surface area contributed by atoms with E-state index in [1.165, 1.54) is 53.0 Å². The van der Waals surface area contributed by atoms with Crippen molar-refractivity contribution in [1.82, 2.24) is 13.6 Å². The van der Waals surface area contributed by atoms with Gasteiger partial charge in [0.2, 0.25) is 0 Å². The van der Waals surface area contributed by atoms with Crippen LogP contribution in [0.25, 0.3) is 11.3 Å². The number of morpholine rings is 1. The highest BCUT2D eigenvalue weighted by atomic mass is 35.5. The topological polar surface area (TPSA) is 110 Å². The molecule has 4 rings (SSSR count). The molecule has 0 unspecified atom stereocenters. The maximum atomic E-state index is 14.6. The van der Waals surface area contributed by atoms with Crippen molar-refractivity contribution in [1.29, 1.82) is 0 Å². The maximum Gasteiger partial charge on any atom is 0.301 e. The first kappa shape index (κ1) is 27.1. The van der Waals surface area contributed by atoms with Crippen LogP contribution in [0.15, 0.2) is 65.7 Å². The molecule has 3 aromatic rings. The van der Waals surface area contributed by atoms with Gasteiger partial charge < -0.3 is 10.1 Å². The van der Waals surface area contributed by atoms with Crippen LogP contribution in [0.3, 0.4) is 0 Å². The van der Waals surface area contributed by atoms with Crippen molar-refractivity contribution in [3.63, 3.8) is 0 Å². The minimum Gasteiger partial charge on any atom is -0.379 e. The number of hydrogen-bond acceptors (Lipinski definition) is 6. The molecule has 0 radical (unpaired) electrons. The largest absolute Gasteiger partial charge is 0.379 e. The van der Waals surface area contributed by atoms with E-state index in [9.17, 15) is 21.2 Å². The van der Waals surface area contributed by atoms with Crippen LogP contribution < -0.4 is 10.0 Å². The van der Waals surface area contributed by atoms with E-state index in [4.69, 9.17) is 4.74 Å². The molecular formula is C22H26ClFN4O5S2. The molecule has 0 amide bonds. The van der Waals surface area contributed by atoms with E-state index in [1.807, 2.05) is 0 Å². The van der Waals surface area contributed by atoms with Crippen molar-refractivity contribution in [2.45, 2.75) is 11.4 Å². The van der Waals surface area contributed by atoms with E-state index in [1.54, 1.807) is 19.2 Å². The first-order chi connectivity index (χ1) is 16.2. The molecule has 9 nitrogen and oxygen atoms in total. The van der Waals surface area contributed by atoms with Crippen LogP contribution in [0.1, 0.15) is 5.56 Å². The molecule has 1 aliphatic rings. The summed E-state index contributed by atoms with van der Waals surface area (Å²) in [5.41, 5.74) is 1.05. The van der Waals surface area contributed by atoms with Gasteiger partial charge in [-0.2, -0.15) is 12.7 Å². The van der Waals surface area contributed by atoms with Crippen molar-refractivity contribution in [2.75, 3.05) is 38.1 Å². The fraction of sp³-hybridized carbons (Fsp3) is 0.273. The molecule has 1 aliphatic heterocycles. The predicted molar refractivity (Wildman–Crippen MR) is 134 cm³/mol. The van der Waals surface area contributed by atoms with Gasteiger partial charge in [-0.3, -0.25) is 4.72 Å². The van der Waals surface area contributed by atoms with Gasteiger partial charge in [0.05, 0.1) is 29.5 Å². The van der Waals surface area contributed by atoms with Gasteiger partial charge in [0.1, 0.15) is 5.82 Å². The van der Waals surface area contributed by atoms with Crippen molar-refractivity contribution in [3.05, 3.63) is 72.2 Å². The number of ether oxygens (including phenoxy) is 1. The number of benzene rings is 2. The lowest BCUT2D eigenvalue weighted by Crippen LogP contribution is -2.43. The van der Waals surface area contributed by atoms with Crippen LogP contribution in [-0.4, -0.2) is 58.5 Å². The predicted octanol–water partition coefficient (Wildman–Crippen LogP) is 2.66. The summed E-state index contributed by atoms with van der Waals surface area (Å²) in [7, 11) is -6.34. The highest BCUT2D eigenvalue weighted by molar-refractivity contribution is 7.90. The molecule has 190 valence electrons. The Labute approximate surface area is 210 Å². The summed E-state index contributed by atoms with van der Waals surface area (Å²) in [6.45, 7) is 1.37. The normalized spacial score (nSPS) is 14.9. The average molecular weight is 545 g/mol. The Morgan fingerprint density at radius 3 is 2.40 bits per heavy atom. The molecule has 1 fully saturated rings. The summed E-state index contributed by atoms with van der Waals surface area (Å²) in [4.78, 5) is -0.140. The zero-order valence-electron chi connectivity index (χ0n) is 18.8. The van der Waals surface area contributed by atoms with Crippen molar-refractivity contribution >= 4 is 38.3 Å². The van der Waals surface area contributed by atoms with Crippen molar-refractivity contribution in [3.8, 4) is 11.3 Å². The number of nitrogens with one attached hydrogen (secondary N) is 2. The summed E-state index contributed by atoms with van der Waals surface area (Å²) in [6, 6.07) is 13.1. The summed E-state index contributed by atoms with van der Waals surface area (Å²) in [5, 5.41) is 2.96. The number of hydrogen-bond donors (Lipinski definition) is 2. The standard InChI is InChI=1S/C22H25FN4O5S2.ClH/c1-24-15-17-13-22(20-7-2-3-8-21(20)23)27(16-17)33(28,29)19-6-4-5-18(14-19)25-34(30,31)26-9-11-32-12-10-26;/h2-8,13-14,16,24-25H,9-12,15H2,1H3;1H. The molecule has 0 aliphatic carbocycles. The third-order valence-corrected chi connectivity index (χ3v) is 8.53. The zero-order valence-corrected chi connectivity index (χ0v) is 21.3. The second-order valence-electron chi connectivity index (χ2n) is 7.69. The van der Waals surface area contributed by atoms with E-state index in [0.717, 1.165) is 3.97 Å². The highest BCUT2D eigenvalue weighted by Crippen LogP contribution is 2.30. The van der Waals surface area contributed by atoms with Gasteiger partial charge in [-0.05, 0) is 49.0 Å². The number of halogens is 2. The molecule has 1 saturated heterocycles. The lowest BCUT2D eigenvalue weighted by Gasteiger charge is -2.26. The quantitative estimate of drug-likeness (QED) is 0.451. The Hall–Kier alpha value is -2.48. The second-order valence-corrected chi connectivity index (χ2v) is 11.2. The Morgan fingerprint density at radius 1 is 1.00 bits per heavy atom. The Bertz CT molecular complexity index is 1390. The Kier molecular flexibility index (Phi) is 8.57. The monoisotopic (exact) mass is 544 g/mol. The molecule has 0 bridgehead atoms. The lowest BCUT2D eigenvalue weighted by atomic mass is 10.1. The summed E-state index contributed by atoms with van der Waals surface area (Å²) < 4.78 is 77.0. The third kappa shape index (κ3) is 5.85. The van der Waals surface area contributed by atoms with Crippen LogP contribution in [-0.2, 0) is 31.5 Å². The molecule has 0 spiro atoms. The van der Waals surface area contributed by atoms with Crippen molar-refractivity contribution < 1.29 is 26.0 Å². The van der Waals surface area contributed by atoms with Gasteiger partial charge in [0.15, 0.2) is 0 Å². The molecule has 2 aromatic carbocycles. The number of nitrogens with zero attached hydrogens (tertiary/aromatic N) is 2. The molecule has 35 heavy (non-hydrogen) atoms. The van der Waals surface area contributed by atoms with Gasteiger partial charge >= 0.3 is 10.2 Å². The number of aromatic nitrogens is 1. The van der Waals surface area contributed by atoms with E-state index in [0.29, 0.717) is 12.1 Å². The molecule has 1 aromatic heterocycles. The SMILES string of the molecule is CNCc1cc(-c2ccccc2F)n(S(=O)(=O)c2cccc(NS(=O)(=O)N3CCOCC3)c2)c1.Cl. The van der Waals surface area contributed by atoms with E-state index < -0.39 is 26.0 Å². The van der Waals surface area contributed by atoms with Crippen LogP contribution in [0, 0.1) is 5.82 Å². The molecule has 0 atom stereocenters. The highest BCUT2D eigenvalue weighted by Gasteiger charge is 2.26. The summed E-state index contributed by atoms with van der Waals surface area (Å²) in [6.07, 6.45) is 1.43. The van der Waals surface area contributed by atoms with E-state index in [2.05, 4.69) is 10.0 Å². The molecule has 2 N–H and O–H groups in total. The Balaban J connectivity index is 0.00000342. The molecule has 2 heterocycles.